The summed E-state index contributed by atoms with van der Waals surface area (Å²) < 4.78 is 0. The van der Waals surface area contributed by atoms with Crippen molar-refractivity contribution in [2.24, 2.45) is 4.99 Å². The van der Waals surface area contributed by atoms with Crippen LogP contribution in [0.1, 0.15) is 37.1 Å². The van der Waals surface area contributed by atoms with Crippen molar-refractivity contribution in [3.8, 4) is 10.6 Å². The van der Waals surface area contributed by atoms with Gasteiger partial charge in [-0.1, -0.05) is 0 Å². The number of nitrogens with one attached hydrogen (secondary N) is 2. The van der Waals surface area contributed by atoms with E-state index in [0.717, 1.165) is 42.7 Å². The molecule has 0 spiro atoms. The Labute approximate surface area is 176 Å². The fourth-order valence-corrected chi connectivity index (χ4v) is 4.41. The van der Waals surface area contributed by atoms with Gasteiger partial charge in [0.05, 0.1) is 15.6 Å². The molecule has 1 amide bonds. The van der Waals surface area contributed by atoms with Gasteiger partial charge in [-0.25, -0.2) is 4.98 Å². The molecule has 0 aliphatic rings. The number of aromatic nitrogens is 1. The zero-order valence-electron chi connectivity index (χ0n) is 17.2. The normalized spacial score (nSPS) is 11.5. The van der Waals surface area contributed by atoms with Gasteiger partial charge in [-0.05, 0) is 39.8 Å². The molecule has 2 N–H and O–H groups in total. The number of aryl methyl sites for hydroxylation is 1. The molecule has 0 radical (unpaired) electrons. The van der Waals surface area contributed by atoms with Crippen molar-refractivity contribution < 1.29 is 4.79 Å². The molecule has 0 aromatic carbocycles. The first-order chi connectivity index (χ1) is 13.6. The minimum absolute atomic E-state index is 0.178. The lowest BCUT2D eigenvalue weighted by Crippen LogP contribution is -2.40. The average molecular weight is 422 g/mol. The van der Waals surface area contributed by atoms with Gasteiger partial charge >= 0.3 is 0 Å². The topological polar surface area (TPSA) is 69.6 Å². The maximum Gasteiger partial charge on any atom is 0.224 e. The summed E-state index contributed by atoms with van der Waals surface area (Å²) in [6.45, 7) is 11.7. The number of rotatable bonds is 10. The third-order valence-electron chi connectivity index (χ3n) is 4.25. The Bertz CT molecular complexity index is 764. The fraction of sp³-hybridized carbons (Fsp3) is 0.550. The Balaban J connectivity index is 1.82. The zero-order chi connectivity index (χ0) is 20.4. The van der Waals surface area contributed by atoms with Gasteiger partial charge in [-0.2, -0.15) is 0 Å². The maximum absolute atomic E-state index is 12.1. The van der Waals surface area contributed by atoms with Crippen molar-refractivity contribution in [1.29, 1.82) is 0 Å². The summed E-state index contributed by atoms with van der Waals surface area (Å²) >= 11 is 3.46. The van der Waals surface area contributed by atoms with E-state index >= 15 is 0 Å². The molecule has 2 rings (SSSR count). The van der Waals surface area contributed by atoms with Gasteiger partial charge in [0.25, 0.3) is 0 Å². The van der Waals surface area contributed by atoms with Gasteiger partial charge in [0.2, 0.25) is 5.91 Å². The molecule has 0 fully saturated rings. The van der Waals surface area contributed by atoms with E-state index in [1.165, 1.54) is 9.75 Å². The second kappa shape index (κ2) is 11.8. The molecule has 0 saturated carbocycles. The first-order valence-electron chi connectivity index (χ1n) is 9.88. The number of hydrogen-bond acceptors (Lipinski definition) is 5. The third-order valence-corrected chi connectivity index (χ3v) is 6.19. The molecule has 154 valence electrons. The van der Waals surface area contributed by atoms with Crippen LogP contribution in [0.2, 0.25) is 0 Å². The molecule has 2 aromatic rings. The van der Waals surface area contributed by atoms with Crippen molar-refractivity contribution in [1.82, 2.24) is 20.5 Å². The number of nitrogens with zero attached hydrogens (tertiary/aromatic N) is 3. The van der Waals surface area contributed by atoms with E-state index in [1.807, 2.05) is 32.6 Å². The minimum atomic E-state index is 0.178. The van der Waals surface area contributed by atoms with E-state index in [4.69, 9.17) is 0 Å². The van der Waals surface area contributed by atoms with E-state index in [1.54, 1.807) is 22.7 Å². The summed E-state index contributed by atoms with van der Waals surface area (Å²) in [5.74, 6) is 0.943. The zero-order valence-corrected chi connectivity index (χ0v) is 18.9. The molecule has 2 heterocycles. The number of amides is 1. The molecule has 0 aliphatic heterocycles. The van der Waals surface area contributed by atoms with Crippen molar-refractivity contribution in [3.05, 3.63) is 27.4 Å². The molecule has 6 nitrogen and oxygen atoms in total. The van der Waals surface area contributed by atoms with Crippen LogP contribution in [0, 0.1) is 6.92 Å². The fourth-order valence-electron chi connectivity index (χ4n) is 2.77. The summed E-state index contributed by atoms with van der Waals surface area (Å²) in [5.41, 5.74) is 1.06. The van der Waals surface area contributed by atoms with E-state index in [2.05, 4.69) is 38.1 Å². The Hall–Kier alpha value is -1.93. The van der Waals surface area contributed by atoms with Crippen LogP contribution in [0.5, 0.6) is 0 Å². The summed E-state index contributed by atoms with van der Waals surface area (Å²) in [6, 6.07) is 4.30. The summed E-state index contributed by atoms with van der Waals surface area (Å²) in [5, 5.41) is 9.70. The van der Waals surface area contributed by atoms with E-state index < -0.39 is 0 Å². The van der Waals surface area contributed by atoms with E-state index in [9.17, 15) is 4.79 Å². The van der Waals surface area contributed by atoms with Crippen LogP contribution in [0.3, 0.4) is 0 Å². The molecule has 0 aliphatic carbocycles. The molecule has 0 unspecified atom stereocenters. The lowest BCUT2D eigenvalue weighted by atomic mass is 10.3. The lowest BCUT2D eigenvalue weighted by molar-refractivity contribution is -0.130. The number of hydrogen-bond donors (Lipinski definition) is 2. The van der Waals surface area contributed by atoms with E-state index in [0.29, 0.717) is 19.5 Å². The van der Waals surface area contributed by atoms with Crippen LogP contribution in [0.15, 0.2) is 22.5 Å². The minimum Gasteiger partial charge on any atom is -0.357 e. The molecule has 28 heavy (non-hydrogen) atoms. The van der Waals surface area contributed by atoms with Crippen LogP contribution in [0.4, 0.5) is 0 Å². The second-order valence-electron chi connectivity index (χ2n) is 6.27. The lowest BCUT2D eigenvalue weighted by Gasteiger charge is -2.19. The first kappa shape index (κ1) is 22.4. The number of carbonyl (C=O) groups is 1. The van der Waals surface area contributed by atoms with Gasteiger partial charge in [-0.3, -0.25) is 9.79 Å². The van der Waals surface area contributed by atoms with Gasteiger partial charge in [0, 0.05) is 55.8 Å². The van der Waals surface area contributed by atoms with Gasteiger partial charge in [-0.15, -0.1) is 22.7 Å². The second-order valence-corrected chi connectivity index (χ2v) is 8.50. The van der Waals surface area contributed by atoms with Crippen LogP contribution >= 0.6 is 22.7 Å². The number of aliphatic imine (C=N–C) groups is 1. The van der Waals surface area contributed by atoms with Crippen molar-refractivity contribution in [2.75, 3.05) is 32.7 Å². The number of thiazole rings is 1. The summed E-state index contributed by atoms with van der Waals surface area (Å²) in [6.07, 6.45) is 1.37. The highest BCUT2D eigenvalue weighted by Gasteiger charge is 2.09. The SMILES string of the molecule is CCNC(=NCCc1ccc(-c2csc(C)n2)s1)NCCC(=O)N(CC)CC. The standard InChI is InChI=1S/C20H31N5OS2/c1-5-21-20(23-13-11-19(26)25(6-2)7-3)22-12-10-16-8-9-18(28-16)17-14-27-15(4)24-17/h8-9,14H,5-7,10-13H2,1-4H3,(H2,21,22,23). The molecule has 8 heteroatoms. The number of carbonyl (C=O) groups excluding carboxylic acids is 1. The smallest absolute Gasteiger partial charge is 0.224 e. The van der Waals surface area contributed by atoms with Crippen LogP contribution in [0.25, 0.3) is 10.6 Å². The van der Waals surface area contributed by atoms with Crippen LogP contribution < -0.4 is 10.6 Å². The Morgan fingerprint density at radius 1 is 1.21 bits per heavy atom. The Morgan fingerprint density at radius 3 is 2.64 bits per heavy atom. The molecular weight excluding hydrogens is 390 g/mol. The summed E-state index contributed by atoms with van der Waals surface area (Å²) in [4.78, 5) is 25.6. The van der Waals surface area contributed by atoms with Gasteiger partial charge < -0.3 is 15.5 Å². The number of guanidine groups is 1. The average Bonchev–Trinajstić information content (AvgIpc) is 3.31. The predicted octanol–water partition coefficient (Wildman–Crippen LogP) is 3.54. The Kier molecular flexibility index (Phi) is 9.43. The summed E-state index contributed by atoms with van der Waals surface area (Å²) in [7, 11) is 0. The van der Waals surface area contributed by atoms with E-state index in [-0.39, 0.29) is 5.91 Å². The molecule has 0 saturated heterocycles. The quantitative estimate of drug-likeness (QED) is 0.455. The Morgan fingerprint density at radius 2 is 2.00 bits per heavy atom. The van der Waals surface area contributed by atoms with Crippen LogP contribution in [-0.2, 0) is 11.2 Å². The van der Waals surface area contributed by atoms with Crippen LogP contribution in [-0.4, -0.2) is 54.5 Å². The highest BCUT2D eigenvalue weighted by molar-refractivity contribution is 7.16. The van der Waals surface area contributed by atoms with Gasteiger partial charge in [0.1, 0.15) is 0 Å². The molecule has 0 atom stereocenters. The monoisotopic (exact) mass is 421 g/mol. The van der Waals surface area contributed by atoms with Crippen molar-refractivity contribution >= 4 is 34.5 Å². The van der Waals surface area contributed by atoms with Crippen molar-refractivity contribution in [3.63, 3.8) is 0 Å². The van der Waals surface area contributed by atoms with Crippen molar-refractivity contribution in [2.45, 2.75) is 40.5 Å². The molecule has 2 aromatic heterocycles. The highest BCUT2D eigenvalue weighted by atomic mass is 32.1. The first-order valence-corrected chi connectivity index (χ1v) is 11.6. The molecule has 0 bridgehead atoms. The molecular formula is C20H31N5OS2. The maximum atomic E-state index is 12.1. The third kappa shape index (κ3) is 6.91. The number of thiophene rings is 1. The van der Waals surface area contributed by atoms with Gasteiger partial charge in [0.15, 0.2) is 5.96 Å². The highest BCUT2D eigenvalue weighted by Crippen LogP contribution is 2.29. The predicted molar refractivity (Wildman–Crippen MR) is 120 cm³/mol. The largest absolute Gasteiger partial charge is 0.357 e.